The molecule has 1 spiro atoms. The summed E-state index contributed by atoms with van der Waals surface area (Å²) < 4.78 is 0. The third-order valence-corrected chi connectivity index (χ3v) is 11.0. The number of hydrogen-bond acceptors (Lipinski definition) is 1. The van der Waals surface area contributed by atoms with E-state index in [2.05, 4.69) is 183 Å². The van der Waals surface area contributed by atoms with Gasteiger partial charge in [-0.05, 0) is 116 Å². The lowest BCUT2D eigenvalue weighted by molar-refractivity contribution is 0.795. The van der Waals surface area contributed by atoms with Gasteiger partial charge >= 0.3 is 0 Å². The summed E-state index contributed by atoms with van der Waals surface area (Å²) in [6.07, 6.45) is 0. The highest BCUT2D eigenvalue weighted by molar-refractivity contribution is 6.16. The summed E-state index contributed by atoms with van der Waals surface area (Å²) in [5.74, 6) is 0. The molecule has 0 unspecified atom stereocenters. The summed E-state index contributed by atoms with van der Waals surface area (Å²) >= 11 is 0. The van der Waals surface area contributed by atoms with E-state index in [1.54, 1.807) is 0 Å². The van der Waals surface area contributed by atoms with Crippen molar-refractivity contribution in [3.8, 4) is 22.3 Å². The number of rotatable bonds is 3. The zero-order valence-corrected chi connectivity index (χ0v) is 27.0. The number of benzene rings is 8. The monoisotopic (exact) mass is 611 g/mol. The van der Waals surface area contributed by atoms with Gasteiger partial charge < -0.3 is 4.90 Å². The van der Waals surface area contributed by atoms with Gasteiger partial charge in [0, 0.05) is 16.8 Å². The van der Waals surface area contributed by atoms with Crippen molar-refractivity contribution in [2.24, 2.45) is 0 Å². The van der Waals surface area contributed by atoms with E-state index in [0.29, 0.717) is 0 Å². The molecule has 0 aliphatic heterocycles. The van der Waals surface area contributed by atoms with Gasteiger partial charge in [0.05, 0.1) is 11.1 Å². The van der Waals surface area contributed by atoms with Crippen LogP contribution in [0.2, 0.25) is 0 Å². The zero-order chi connectivity index (χ0) is 32.0. The van der Waals surface area contributed by atoms with Crippen LogP contribution in [-0.4, -0.2) is 0 Å². The smallest absolute Gasteiger partial charge is 0.0726 e. The predicted octanol–water partition coefficient (Wildman–Crippen LogP) is 12.4. The molecular weight excluding hydrogens is 579 g/mol. The molecule has 2 aliphatic rings. The van der Waals surface area contributed by atoms with Crippen LogP contribution in [-0.2, 0) is 5.41 Å². The highest BCUT2D eigenvalue weighted by Crippen LogP contribution is 2.65. The Bertz CT molecular complexity index is 2550. The van der Waals surface area contributed by atoms with E-state index in [1.165, 1.54) is 82.9 Å². The number of para-hydroxylation sites is 1. The van der Waals surface area contributed by atoms with Crippen molar-refractivity contribution in [1.29, 1.82) is 0 Å². The van der Waals surface area contributed by atoms with Crippen LogP contribution in [0.15, 0.2) is 164 Å². The second-order valence-corrected chi connectivity index (χ2v) is 13.4. The number of nitrogens with zero attached hydrogens (tertiary/aromatic N) is 1. The lowest BCUT2D eigenvalue weighted by Crippen LogP contribution is -2.26. The maximum Gasteiger partial charge on any atom is 0.0726 e. The Labute approximate surface area is 281 Å². The molecule has 0 amide bonds. The molecule has 0 N–H and O–H groups in total. The minimum atomic E-state index is -0.452. The van der Waals surface area contributed by atoms with Gasteiger partial charge in [-0.1, -0.05) is 133 Å². The molecule has 0 heterocycles. The van der Waals surface area contributed by atoms with Gasteiger partial charge in [0.15, 0.2) is 0 Å². The molecule has 1 nitrogen and oxygen atoms in total. The molecule has 0 radical (unpaired) electrons. The van der Waals surface area contributed by atoms with E-state index in [4.69, 9.17) is 0 Å². The zero-order valence-electron chi connectivity index (χ0n) is 27.0. The molecule has 0 atom stereocenters. The Morgan fingerprint density at radius 1 is 0.396 bits per heavy atom. The topological polar surface area (TPSA) is 3.24 Å². The van der Waals surface area contributed by atoms with Crippen LogP contribution < -0.4 is 4.90 Å². The molecule has 0 saturated heterocycles. The van der Waals surface area contributed by atoms with Crippen molar-refractivity contribution in [2.75, 3.05) is 4.90 Å². The van der Waals surface area contributed by atoms with Crippen LogP contribution >= 0.6 is 0 Å². The molecule has 1 heteroatoms. The van der Waals surface area contributed by atoms with Crippen molar-refractivity contribution >= 4 is 38.6 Å². The van der Waals surface area contributed by atoms with E-state index in [1.807, 2.05) is 0 Å². The lowest BCUT2D eigenvalue weighted by Gasteiger charge is -2.33. The Balaban J connectivity index is 1.41. The van der Waals surface area contributed by atoms with Crippen molar-refractivity contribution in [3.05, 3.63) is 197 Å². The second kappa shape index (κ2) is 10.0. The summed E-state index contributed by atoms with van der Waals surface area (Å²) in [6.45, 7) is 4.41. The predicted molar refractivity (Wildman–Crippen MR) is 202 cm³/mol. The number of anilines is 3. The molecule has 0 saturated carbocycles. The van der Waals surface area contributed by atoms with E-state index >= 15 is 0 Å². The fraction of sp³-hybridized carbons (Fsp3) is 0.0638. The van der Waals surface area contributed by atoms with Gasteiger partial charge in [-0.15, -0.1) is 0 Å². The van der Waals surface area contributed by atoms with Gasteiger partial charge in [0.1, 0.15) is 0 Å². The van der Waals surface area contributed by atoms with E-state index in [-0.39, 0.29) is 0 Å². The third-order valence-electron chi connectivity index (χ3n) is 11.0. The first-order chi connectivity index (χ1) is 23.7. The van der Waals surface area contributed by atoms with Crippen molar-refractivity contribution in [3.63, 3.8) is 0 Å². The Hall–Kier alpha value is -5.92. The minimum absolute atomic E-state index is 0.452. The van der Waals surface area contributed by atoms with Crippen molar-refractivity contribution < 1.29 is 0 Å². The van der Waals surface area contributed by atoms with Crippen LogP contribution in [0.5, 0.6) is 0 Å². The Kier molecular flexibility index (Phi) is 5.69. The number of hydrogen-bond donors (Lipinski definition) is 0. The van der Waals surface area contributed by atoms with Crippen LogP contribution in [0.25, 0.3) is 43.8 Å². The molecule has 0 bridgehead atoms. The summed E-state index contributed by atoms with van der Waals surface area (Å²) in [5.41, 5.74) is 16.4. The molecule has 226 valence electrons. The number of aryl methyl sites for hydroxylation is 2. The van der Waals surface area contributed by atoms with Crippen LogP contribution in [0.3, 0.4) is 0 Å². The summed E-state index contributed by atoms with van der Waals surface area (Å²) in [4.78, 5) is 2.47. The maximum absolute atomic E-state index is 2.54. The van der Waals surface area contributed by atoms with E-state index in [9.17, 15) is 0 Å². The van der Waals surface area contributed by atoms with Crippen molar-refractivity contribution in [1.82, 2.24) is 0 Å². The standard InChI is InChI=1S/C47H33N/c1-30-24-26-34(28-31(30)2)48(33-15-4-3-5-16-33)44-29-43-46(39-21-9-8-20-38(39)44)45-35-17-7-6-14-32(35)25-27-42(45)47(43)40-22-12-10-18-36(40)37-19-11-13-23-41(37)47/h3-29H,1-2H3. The third kappa shape index (κ3) is 3.51. The normalized spacial score (nSPS) is 13.4. The van der Waals surface area contributed by atoms with Crippen LogP contribution in [0.4, 0.5) is 17.1 Å². The van der Waals surface area contributed by atoms with Gasteiger partial charge in [-0.3, -0.25) is 0 Å². The highest BCUT2D eigenvalue weighted by atomic mass is 15.1. The van der Waals surface area contributed by atoms with E-state index in [0.717, 1.165) is 11.4 Å². The first-order valence-electron chi connectivity index (χ1n) is 16.9. The van der Waals surface area contributed by atoms with Crippen LogP contribution in [0.1, 0.15) is 33.4 Å². The first-order valence-corrected chi connectivity index (χ1v) is 16.9. The molecular formula is C47H33N. The summed E-state index contributed by atoms with van der Waals surface area (Å²) in [5, 5.41) is 5.11. The fourth-order valence-corrected chi connectivity index (χ4v) is 8.79. The van der Waals surface area contributed by atoms with Gasteiger partial charge in [0.25, 0.3) is 0 Å². The maximum atomic E-state index is 2.54. The Morgan fingerprint density at radius 3 is 1.73 bits per heavy atom. The lowest BCUT2D eigenvalue weighted by atomic mass is 9.70. The van der Waals surface area contributed by atoms with Gasteiger partial charge in [0.2, 0.25) is 0 Å². The molecule has 48 heavy (non-hydrogen) atoms. The molecule has 0 fully saturated rings. The fourth-order valence-electron chi connectivity index (χ4n) is 8.79. The molecule has 10 rings (SSSR count). The van der Waals surface area contributed by atoms with Gasteiger partial charge in [-0.25, -0.2) is 0 Å². The largest absolute Gasteiger partial charge is 0.310 e. The van der Waals surface area contributed by atoms with Crippen LogP contribution in [0, 0.1) is 13.8 Å². The quantitative estimate of drug-likeness (QED) is 0.192. The van der Waals surface area contributed by atoms with E-state index < -0.39 is 5.41 Å². The Morgan fingerprint density at radius 2 is 1.00 bits per heavy atom. The second-order valence-electron chi connectivity index (χ2n) is 13.4. The van der Waals surface area contributed by atoms with Gasteiger partial charge in [-0.2, -0.15) is 0 Å². The first kappa shape index (κ1) is 27.2. The SMILES string of the molecule is Cc1ccc(N(c2ccccc2)c2cc3c(c4ccccc24)-c2c(ccc4ccccc24)C32c3ccccc3-c3ccccc32)cc1C. The summed E-state index contributed by atoms with van der Waals surface area (Å²) in [6, 6.07) is 61.2. The molecule has 2 aliphatic carbocycles. The van der Waals surface area contributed by atoms with Crippen molar-refractivity contribution in [2.45, 2.75) is 19.3 Å². The molecule has 0 aromatic heterocycles. The summed E-state index contributed by atoms with van der Waals surface area (Å²) in [7, 11) is 0. The minimum Gasteiger partial charge on any atom is -0.310 e. The average Bonchev–Trinajstić information content (AvgIpc) is 3.61. The highest BCUT2D eigenvalue weighted by Gasteiger charge is 2.52. The molecule has 8 aromatic rings. The molecule has 8 aromatic carbocycles. The average molecular weight is 612 g/mol. The number of fused-ring (bicyclic) bond motifs is 14.